The molecule has 2 N–H and O–H groups in total. The fraction of sp³-hybridized carbons (Fsp3) is 0.185. The number of carbonyl (C=O) groups is 1. The van der Waals surface area contributed by atoms with Crippen molar-refractivity contribution < 1.29 is 4.79 Å². The van der Waals surface area contributed by atoms with Crippen molar-refractivity contribution in [2.24, 2.45) is 0 Å². The maximum Gasteiger partial charge on any atom is 0.322 e. The summed E-state index contributed by atoms with van der Waals surface area (Å²) in [6, 6.07) is 25.1. The Hall–Kier alpha value is -3.86. The number of nitrogens with one attached hydrogen (secondary N) is 2. The topological polar surface area (TPSA) is 65.2 Å². The van der Waals surface area contributed by atoms with Gasteiger partial charge in [-0.05, 0) is 55.2 Å². The summed E-state index contributed by atoms with van der Waals surface area (Å²) in [6.07, 6.45) is 0.701. The van der Waals surface area contributed by atoms with Crippen LogP contribution in [0.2, 0.25) is 0 Å². The number of para-hydroxylation sites is 1. The molecule has 0 aliphatic heterocycles. The Morgan fingerprint density at radius 2 is 1.56 bits per heavy atom. The van der Waals surface area contributed by atoms with Crippen molar-refractivity contribution in [3.05, 3.63) is 111 Å². The maximum absolute atomic E-state index is 13.1. The van der Waals surface area contributed by atoms with E-state index in [1.807, 2.05) is 86.6 Å². The van der Waals surface area contributed by atoms with Gasteiger partial charge in [0.15, 0.2) is 0 Å². The van der Waals surface area contributed by atoms with Crippen LogP contribution in [0.3, 0.4) is 0 Å². The molecule has 0 unspecified atom stereocenters. The average Bonchev–Trinajstić information content (AvgIpc) is 2.81. The molecule has 2 amide bonds. The molecule has 162 valence electrons. The van der Waals surface area contributed by atoms with Crippen molar-refractivity contribution in [3.63, 3.8) is 0 Å². The second-order valence-electron chi connectivity index (χ2n) is 8.07. The van der Waals surface area contributed by atoms with Crippen LogP contribution >= 0.6 is 0 Å². The summed E-state index contributed by atoms with van der Waals surface area (Å²) in [5.74, 6) is 0. The molecule has 0 radical (unpaired) electrons. The number of benzene rings is 3. The highest BCUT2D eigenvalue weighted by atomic mass is 16.2. The SMILES string of the molecule is Cc1ccc(C)c2[nH]c(=O)c(CN(CCc3ccccc3)C(=O)Nc3ccccc3)cc12. The predicted molar refractivity (Wildman–Crippen MR) is 130 cm³/mol. The molecular weight excluding hydrogens is 398 g/mol. The van der Waals surface area contributed by atoms with Crippen molar-refractivity contribution in [2.75, 3.05) is 11.9 Å². The number of pyridine rings is 1. The highest BCUT2D eigenvalue weighted by molar-refractivity contribution is 5.89. The van der Waals surface area contributed by atoms with Crippen molar-refractivity contribution in [1.29, 1.82) is 0 Å². The number of aromatic amines is 1. The highest BCUT2D eigenvalue weighted by Crippen LogP contribution is 2.20. The molecule has 32 heavy (non-hydrogen) atoms. The van der Waals surface area contributed by atoms with E-state index in [1.54, 1.807) is 4.90 Å². The molecule has 4 rings (SSSR count). The number of aromatic nitrogens is 1. The van der Waals surface area contributed by atoms with Gasteiger partial charge in [-0.2, -0.15) is 0 Å². The Labute approximate surface area is 187 Å². The molecule has 1 aromatic heterocycles. The summed E-state index contributed by atoms with van der Waals surface area (Å²) in [5, 5.41) is 3.96. The molecule has 4 aromatic rings. The van der Waals surface area contributed by atoms with Gasteiger partial charge in [0, 0.05) is 23.2 Å². The lowest BCUT2D eigenvalue weighted by atomic mass is 10.0. The monoisotopic (exact) mass is 425 g/mol. The Bertz CT molecular complexity index is 1280. The number of fused-ring (bicyclic) bond motifs is 1. The van der Waals surface area contributed by atoms with Gasteiger partial charge in [-0.1, -0.05) is 60.7 Å². The van der Waals surface area contributed by atoms with Crippen LogP contribution in [-0.2, 0) is 13.0 Å². The number of amides is 2. The molecular formula is C27H27N3O2. The van der Waals surface area contributed by atoms with Gasteiger partial charge in [-0.3, -0.25) is 4.79 Å². The normalized spacial score (nSPS) is 10.8. The van der Waals surface area contributed by atoms with E-state index in [4.69, 9.17) is 0 Å². The quantitative estimate of drug-likeness (QED) is 0.433. The minimum atomic E-state index is -0.229. The van der Waals surface area contributed by atoms with Crippen molar-refractivity contribution >= 4 is 22.6 Å². The lowest BCUT2D eigenvalue weighted by molar-refractivity contribution is 0.209. The number of nitrogens with zero attached hydrogens (tertiary/aromatic N) is 1. The van der Waals surface area contributed by atoms with Crippen LogP contribution in [0, 0.1) is 13.8 Å². The minimum Gasteiger partial charge on any atom is -0.321 e. The standard InChI is InChI=1S/C27H27N3O2/c1-19-13-14-20(2)25-24(19)17-22(26(31)29-25)18-30(16-15-21-9-5-3-6-10-21)27(32)28-23-11-7-4-8-12-23/h3-14,17H,15-16,18H2,1-2H3,(H,28,32)(H,29,31). The Morgan fingerprint density at radius 1 is 0.906 bits per heavy atom. The van der Waals surface area contributed by atoms with E-state index < -0.39 is 0 Å². The van der Waals surface area contributed by atoms with Crippen molar-refractivity contribution in [3.8, 4) is 0 Å². The second-order valence-corrected chi connectivity index (χ2v) is 8.07. The third-order valence-electron chi connectivity index (χ3n) is 5.71. The van der Waals surface area contributed by atoms with Gasteiger partial charge in [-0.25, -0.2) is 4.79 Å². The summed E-state index contributed by atoms with van der Waals surface area (Å²) < 4.78 is 0. The number of carbonyl (C=O) groups excluding carboxylic acids is 1. The van der Waals surface area contributed by atoms with E-state index in [2.05, 4.69) is 16.4 Å². The molecule has 0 bridgehead atoms. The van der Waals surface area contributed by atoms with Gasteiger partial charge in [0.1, 0.15) is 0 Å². The van der Waals surface area contributed by atoms with Crippen LogP contribution in [0.4, 0.5) is 10.5 Å². The van der Waals surface area contributed by atoms with Gasteiger partial charge in [0.05, 0.1) is 12.1 Å². The largest absolute Gasteiger partial charge is 0.322 e. The third kappa shape index (κ3) is 4.89. The number of hydrogen-bond donors (Lipinski definition) is 2. The smallest absolute Gasteiger partial charge is 0.321 e. The fourth-order valence-electron chi connectivity index (χ4n) is 3.83. The molecule has 5 heteroatoms. The summed E-state index contributed by atoms with van der Waals surface area (Å²) >= 11 is 0. The molecule has 0 saturated carbocycles. The zero-order valence-electron chi connectivity index (χ0n) is 18.4. The zero-order chi connectivity index (χ0) is 22.5. The Balaban J connectivity index is 1.63. The van der Waals surface area contributed by atoms with Crippen molar-refractivity contribution in [2.45, 2.75) is 26.8 Å². The third-order valence-corrected chi connectivity index (χ3v) is 5.71. The number of hydrogen-bond acceptors (Lipinski definition) is 2. The van der Waals surface area contributed by atoms with E-state index in [1.165, 1.54) is 0 Å². The fourth-order valence-corrected chi connectivity index (χ4v) is 3.83. The lowest BCUT2D eigenvalue weighted by Crippen LogP contribution is -2.37. The lowest BCUT2D eigenvalue weighted by Gasteiger charge is -2.23. The van der Waals surface area contributed by atoms with E-state index in [0.717, 1.165) is 33.3 Å². The van der Waals surface area contributed by atoms with Crippen molar-refractivity contribution in [1.82, 2.24) is 9.88 Å². The summed E-state index contributed by atoms with van der Waals surface area (Å²) in [7, 11) is 0. The molecule has 0 aliphatic rings. The van der Waals surface area contributed by atoms with Crippen LogP contribution in [-0.4, -0.2) is 22.5 Å². The number of aryl methyl sites for hydroxylation is 2. The Kier molecular flexibility index (Phi) is 6.36. The van der Waals surface area contributed by atoms with Crippen LogP contribution in [0.25, 0.3) is 10.9 Å². The molecule has 0 aliphatic carbocycles. The van der Waals surface area contributed by atoms with Crippen LogP contribution in [0.1, 0.15) is 22.3 Å². The highest BCUT2D eigenvalue weighted by Gasteiger charge is 2.17. The first-order valence-corrected chi connectivity index (χ1v) is 10.8. The number of urea groups is 1. The molecule has 0 saturated heterocycles. The molecule has 1 heterocycles. The first kappa shape index (κ1) is 21.4. The minimum absolute atomic E-state index is 0.163. The Morgan fingerprint density at radius 3 is 2.28 bits per heavy atom. The van der Waals surface area contributed by atoms with Crippen LogP contribution < -0.4 is 10.9 Å². The van der Waals surface area contributed by atoms with E-state index in [-0.39, 0.29) is 18.1 Å². The van der Waals surface area contributed by atoms with Gasteiger partial charge in [0.25, 0.3) is 5.56 Å². The number of rotatable bonds is 6. The number of anilines is 1. The summed E-state index contributed by atoms with van der Waals surface area (Å²) in [4.78, 5) is 30.7. The first-order valence-electron chi connectivity index (χ1n) is 10.8. The molecule has 3 aromatic carbocycles. The van der Waals surface area contributed by atoms with Gasteiger partial charge in [-0.15, -0.1) is 0 Å². The molecule has 0 fully saturated rings. The van der Waals surface area contributed by atoms with E-state index >= 15 is 0 Å². The first-order chi connectivity index (χ1) is 15.5. The van der Waals surface area contributed by atoms with Crippen LogP contribution in [0.15, 0.2) is 83.7 Å². The summed E-state index contributed by atoms with van der Waals surface area (Å²) in [6.45, 7) is 4.73. The molecule has 5 nitrogen and oxygen atoms in total. The van der Waals surface area contributed by atoms with Gasteiger partial charge < -0.3 is 15.2 Å². The summed E-state index contributed by atoms with van der Waals surface area (Å²) in [5.41, 5.74) is 5.24. The maximum atomic E-state index is 13.1. The number of H-pyrrole nitrogens is 1. The van der Waals surface area contributed by atoms with E-state index in [0.29, 0.717) is 18.5 Å². The average molecular weight is 426 g/mol. The molecule has 0 spiro atoms. The van der Waals surface area contributed by atoms with Crippen LogP contribution in [0.5, 0.6) is 0 Å². The zero-order valence-corrected chi connectivity index (χ0v) is 18.4. The van der Waals surface area contributed by atoms with E-state index in [9.17, 15) is 9.59 Å². The predicted octanol–water partition coefficient (Wildman–Crippen LogP) is 5.42. The van der Waals surface area contributed by atoms with Gasteiger partial charge >= 0.3 is 6.03 Å². The second kappa shape index (κ2) is 9.52. The van der Waals surface area contributed by atoms with Gasteiger partial charge in [0.2, 0.25) is 0 Å². The molecule has 0 atom stereocenters.